The highest BCUT2D eigenvalue weighted by Gasteiger charge is 2.17. The number of anilines is 1. The van der Waals surface area contributed by atoms with E-state index in [0.29, 0.717) is 27.0 Å². The van der Waals surface area contributed by atoms with Crippen molar-refractivity contribution in [2.75, 3.05) is 5.32 Å². The van der Waals surface area contributed by atoms with E-state index in [1.54, 1.807) is 30.3 Å². The third-order valence-electron chi connectivity index (χ3n) is 4.19. The van der Waals surface area contributed by atoms with Gasteiger partial charge in [-0.2, -0.15) is 5.10 Å². The average molecular weight is 423 g/mol. The van der Waals surface area contributed by atoms with Crippen LogP contribution in [0.2, 0.25) is 5.02 Å². The van der Waals surface area contributed by atoms with Crippen LogP contribution < -0.4 is 10.9 Å². The molecule has 0 saturated carbocycles. The largest absolute Gasteiger partial charge is 0.321 e. The van der Waals surface area contributed by atoms with Crippen molar-refractivity contribution in [3.05, 3.63) is 86.6 Å². The number of nitrogens with zero attached hydrogens (tertiary/aromatic N) is 2. The van der Waals surface area contributed by atoms with Crippen LogP contribution in [0.4, 0.5) is 5.69 Å². The van der Waals surface area contributed by atoms with Gasteiger partial charge in [-0.3, -0.25) is 9.59 Å². The fourth-order valence-corrected chi connectivity index (χ4v) is 3.87. The van der Waals surface area contributed by atoms with E-state index in [-0.39, 0.29) is 11.5 Å². The Morgan fingerprint density at radius 1 is 1.07 bits per heavy atom. The minimum Gasteiger partial charge on any atom is -0.321 e. The van der Waals surface area contributed by atoms with Gasteiger partial charge in [-0.1, -0.05) is 35.9 Å². The minimum atomic E-state index is -0.268. The van der Waals surface area contributed by atoms with Gasteiger partial charge in [0.05, 0.1) is 11.4 Å². The summed E-state index contributed by atoms with van der Waals surface area (Å²) < 4.78 is 0. The normalized spacial score (nSPS) is 10.7. The van der Waals surface area contributed by atoms with Crippen molar-refractivity contribution in [3.63, 3.8) is 0 Å². The molecule has 0 spiro atoms. The number of aromatic nitrogens is 3. The summed E-state index contributed by atoms with van der Waals surface area (Å²) in [6.07, 6.45) is 0. The summed E-state index contributed by atoms with van der Waals surface area (Å²) in [5.74, 6) is -0.230. The van der Waals surface area contributed by atoms with Crippen LogP contribution in [0.1, 0.15) is 15.4 Å². The maximum absolute atomic E-state index is 12.8. The molecule has 0 fully saturated rings. The molecule has 4 aromatic rings. The molecule has 1 amide bonds. The van der Waals surface area contributed by atoms with E-state index in [9.17, 15) is 9.59 Å². The molecule has 0 unspecified atom stereocenters. The number of aryl methyl sites for hydroxylation is 1. The highest BCUT2D eigenvalue weighted by Crippen LogP contribution is 2.29. The predicted molar refractivity (Wildman–Crippen MR) is 116 cm³/mol. The lowest BCUT2D eigenvalue weighted by molar-refractivity contribution is 0.103. The number of thiazole rings is 1. The number of carbonyl (C=O) groups is 1. The molecule has 144 valence electrons. The summed E-state index contributed by atoms with van der Waals surface area (Å²) in [7, 11) is 0. The van der Waals surface area contributed by atoms with Crippen molar-refractivity contribution in [2.24, 2.45) is 0 Å². The number of hydrogen-bond donors (Lipinski definition) is 2. The second-order valence-corrected chi connectivity index (χ2v) is 7.72. The van der Waals surface area contributed by atoms with Gasteiger partial charge in [0, 0.05) is 27.9 Å². The van der Waals surface area contributed by atoms with Crippen LogP contribution in [0.3, 0.4) is 0 Å². The Kier molecular flexibility index (Phi) is 5.24. The lowest BCUT2D eigenvalue weighted by Gasteiger charge is -2.06. The standard InChI is InChI=1S/C21H15ClN4O2S/c1-12-19(29-21(23-12)13-5-7-15(22)8-6-13)20(28)24-16-4-2-3-14(11-16)17-9-10-18(27)26-25-17/h2-11H,1H3,(H,24,28)(H,26,27). The molecule has 8 heteroatoms. The SMILES string of the molecule is Cc1nc(-c2ccc(Cl)cc2)sc1C(=O)Nc1cccc(-c2ccc(=O)[nH]n2)c1. The second kappa shape index (κ2) is 7.98. The highest BCUT2D eigenvalue weighted by atomic mass is 35.5. The van der Waals surface area contributed by atoms with E-state index in [1.165, 1.54) is 17.4 Å². The number of H-pyrrole nitrogens is 1. The molecule has 4 rings (SSSR count). The van der Waals surface area contributed by atoms with Gasteiger partial charge in [0.25, 0.3) is 11.5 Å². The number of amides is 1. The fraction of sp³-hybridized carbons (Fsp3) is 0.0476. The summed E-state index contributed by atoms with van der Waals surface area (Å²) in [4.78, 5) is 29.1. The number of aromatic amines is 1. The first kappa shape index (κ1) is 19.0. The van der Waals surface area contributed by atoms with Crippen LogP contribution in [0.15, 0.2) is 65.5 Å². The molecule has 0 aliphatic carbocycles. The Morgan fingerprint density at radius 3 is 2.59 bits per heavy atom. The van der Waals surface area contributed by atoms with Crippen LogP contribution in [-0.2, 0) is 0 Å². The number of carbonyl (C=O) groups excluding carboxylic acids is 1. The van der Waals surface area contributed by atoms with Crippen molar-refractivity contribution in [2.45, 2.75) is 6.92 Å². The molecule has 0 radical (unpaired) electrons. The Morgan fingerprint density at radius 2 is 1.86 bits per heavy atom. The minimum absolute atomic E-state index is 0.230. The van der Waals surface area contributed by atoms with Crippen LogP contribution in [-0.4, -0.2) is 21.1 Å². The first-order valence-corrected chi connectivity index (χ1v) is 9.90. The van der Waals surface area contributed by atoms with Gasteiger partial charge in [0.1, 0.15) is 9.88 Å². The van der Waals surface area contributed by atoms with Gasteiger partial charge >= 0.3 is 0 Å². The molecule has 6 nitrogen and oxygen atoms in total. The van der Waals surface area contributed by atoms with Gasteiger partial charge in [0.2, 0.25) is 0 Å². The first-order valence-electron chi connectivity index (χ1n) is 8.70. The topological polar surface area (TPSA) is 87.7 Å². The third kappa shape index (κ3) is 4.26. The smallest absolute Gasteiger partial charge is 0.267 e. The number of nitrogens with one attached hydrogen (secondary N) is 2. The van der Waals surface area contributed by atoms with Crippen LogP contribution in [0.5, 0.6) is 0 Å². The first-order chi connectivity index (χ1) is 14.0. The second-order valence-electron chi connectivity index (χ2n) is 6.28. The van der Waals surface area contributed by atoms with Gasteiger partial charge in [0.15, 0.2) is 0 Å². The van der Waals surface area contributed by atoms with E-state index in [0.717, 1.165) is 16.1 Å². The van der Waals surface area contributed by atoms with Gasteiger partial charge < -0.3 is 5.32 Å². The average Bonchev–Trinajstić information content (AvgIpc) is 3.11. The predicted octanol–water partition coefficient (Wildman–Crippen LogP) is 4.77. The van der Waals surface area contributed by atoms with Crippen LogP contribution in [0.25, 0.3) is 21.8 Å². The third-order valence-corrected chi connectivity index (χ3v) is 5.65. The zero-order valence-corrected chi connectivity index (χ0v) is 16.8. The molecule has 0 bridgehead atoms. The molecule has 2 N–H and O–H groups in total. The van der Waals surface area contributed by atoms with E-state index in [1.807, 2.05) is 31.2 Å². The lowest BCUT2D eigenvalue weighted by atomic mass is 10.1. The maximum atomic E-state index is 12.8. The molecule has 0 aliphatic rings. The van der Waals surface area contributed by atoms with E-state index >= 15 is 0 Å². The monoisotopic (exact) mass is 422 g/mol. The van der Waals surface area contributed by atoms with E-state index in [2.05, 4.69) is 20.5 Å². The lowest BCUT2D eigenvalue weighted by Crippen LogP contribution is -2.11. The van der Waals surface area contributed by atoms with Crippen molar-refractivity contribution < 1.29 is 4.79 Å². The zero-order valence-electron chi connectivity index (χ0n) is 15.3. The van der Waals surface area contributed by atoms with E-state index < -0.39 is 0 Å². The quantitative estimate of drug-likeness (QED) is 0.495. The number of hydrogen-bond acceptors (Lipinski definition) is 5. The Balaban J connectivity index is 1.57. The number of rotatable bonds is 4. The summed E-state index contributed by atoms with van der Waals surface area (Å²) >= 11 is 7.27. The highest BCUT2D eigenvalue weighted by molar-refractivity contribution is 7.17. The molecule has 29 heavy (non-hydrogen) atoms. The molecular weight excluding hydrogens is 408 g/mol. The van der Waals surface area contributed by atoms with Gasteiger partial charge in [-0.05, 0) is 37.3 Å². The number of benzene rings is 2. The molecule has 0 atom stereocenters. The molecule has 2 aromatic carbocycles. The molecule has 0 saturated heterocycles. The van der Waals surface area contributed by atoms with Crippen LogP contribution >= 0.6 is 22.9 Å². The van der Waals surface area contributed by atoms with Crippen molar-refractivity contribution >= 4 is 34.5 Å². The van der Waals surface area contributed by atoms with Crippen molar-refractivity contribution in [1.29, 1.82) is 0 Å². The maximum Gasteiger partial charge on any atom is 0.267 e. The summed E-state index contributed by atoms with van der Waals surface area (Å²) in [5, 5.41) is 10.7. The van der Waals surface area contributed by atoms with E-state index in [4.69, 9.17) is 11.6 Å². The molecule has 0 aliphatic heterocycles. The van der Waals surface area contributed by atoms with Crippen LogP contribution in [0, 0.1) is 6.92 Å². The summed E-state index contributed by atoms with van der Waals surface area (Å²) in [6, 6.07) is 17.7. The Labute approximate surface area is 175 Å². The van der Waals surface area contributed by atoms with Gasteiger partial charge in [-0.15, -0.1) is 11.3 Å². The van der Waals surface area contributed by atoms with Gasteiger partial charge in [-0.25, -0.2) is 10.1 Å². The van der Waals surface area contributed by atoms with Crippen molar-refractivity contribution in [3.8, 4) is 21.8 Å². The Hall–Kier alpha value is -3.29. The summed E-state index contributed by atoms with van der Waals surface area (Å²) in [5.41, 5.74) is 3.32. The number of halogens is 1. The summed E-state index contributed by atoms with van der Waals surface area (Å²) in [6.45, 7) is 1.81. The Bertz CT molecular complexity index is 1230. The fourth-order valence-electron chi connectivity index (χ4n) is 2.77. The zero-order chi connectivity index (χ0) is 20.4. The molecule has 2 heterocycles. The molecular formula is C21H15ClN4O2S. The van der Waals surface area contributed by atoms with Crippen molar-refractivity contribution in [1.82, 2.24) is 15.2 Å². The molecule has 2 aromatic heterocycles.